The van der Waals surface area contributed by atoms with Crippen molar-refractivity contribution in [2.24, 2.45) is 22.5 Å². The summed E-state index contributed by atoms with van der Waals surface area (Å²) in [5, 5.41) is 0. The summed E-state index contributed by atoms with van der Waals surface area (Å²) in [5.74, 6) is 0.160. The summed E-state index contributed by atoms with van der Waals surface area (Å²) in [6.07, 6.45) is -0.758. The Kier molecular flexibility index (Phi) is 4.66. The van der Waals surface area contributed by atoms with Gasteiger partial charge < -0.3 is 19.9 Å². The molecule has 0 aliphatic carbocycles. The summed E-state index contributed by atoms with van der Waals surface area (Å²) in [5.41, 5.74) is 4.62. The lowest BCUT2D eigenvalue weighted by Gasteiger charge is -2.45. The average Bonchev–Trinajstić information content (AvgIpc) is 2.27. The Morgan fingerprint density at radius 2 is 1.95 bits per heavy atom. The normalized spacial score (nSPS) is 20.1. The largest absolute Gasteiger partial charge is 0.508 e. The van der Waals surface area contributed by atoms with Crippen LogP contribution in [0.5, 0.6) is 0 Å². The van der Waals surface area contributed by atoms with Crippen molar-refractivity contribution < 1.29 is 23.8 Å². The van der Waals surface area contributed by atoms with Gasteiger partial charge in [0.05, 0.1) is 6.61 Å². The van der Waals surface area contributed by atoms with E-state index in [0.717, 1.165) is 0 Å². The number of amides is 1. The number of carbonyl (C=O) groups excluding carboxylic acids is 2. The van der Waals surface area contributed by atoms with Crippen molar-refractivity contribution in [3.63, 3.8) is 0 Å². The van der Waals surface area contributed by atoms with Crippen LogP contribution in [0.2, 0.25) is 0 Å². The maximum absolute atomic E-state index is 11.0. The van der Waals surface area contributed by atoms with Crippen LogP contribution in [0.3, 0.4) is 0 Å². The zero-order chi connectivity index (χ0) is 14.7. The Labute approximate surface area is 113 Å². The third kappa shape index (κ3) is 4.29. The van der Waals surface area contributed by atoms with Crippen molar-refractivity contribution >= 4 is 12.2 Å². The lowest BCUT2D eigenvalue weighted by molar-refractivity contribution is -0.103. The molecule has 1 fully saturated rings. The molecule has 0 bridgehead atoms. The van der Waals surface area contributed by atoms with E-state index in [9.17, 15) is 9.59 Å². The highest BCUT2D eigenvalue weighted by atomic mass is 16.7. The van der Waals surface area contributed by atoms with Crippen LogP contribution in [-0.2, 0) is 14.2 Å². The molecule has 0 spiro atoms. The number of hydrogen-bond acceptors (Lipinski definition) is 5. The Morgan fingerprint density at radius 1 is 1.42 bits per heavy atom. The SMILES string of the molecule is CC(C)(C)C(CCOC(N)=O)C1(C)COC(=O)OC1. The number of rotatable bonds is 4. The van der Waals surface area contributed by atoms with Crippen LogP contribution in [0.25, 0.3) is 0 Å². The highest BCUT2D eigenvalue weighted by Crippen LogP contribution is 2.44. The van der Waals surface area contributed by atoms with Crippen LogP contribution in [0.4, 0.5) is 9.59 Å². The first-order valence-electron chi connectivity index (χ1n) is 6.37. The van der Waals surface area contributed by atoms with E-state index in [2.05, 4.69) is 20.8 Å². The summed E-state index contributed by atoms with van der Waals surface area (Å²) in [6.45, 7) is 9.19. The predicted octanol–water partition coefficient (Wildman–Crippen LogP) is 2.31. The third-order valence-electron chi connectivity index (χ3n) is 3.58. The second kappa shape index (κ2) is 5.67. The molecule has 0 saturated carbocycles. The topological polar surface area (TPSA) is 87.9 Å². The minimum absolute atomic E-state index is 0.0388. The van der Waals surface area contributed by atoms with Crippen LogP contribution in [0, 0.1) is 16.7 Å². The van der Waals surface area contributed by atoms with Crippen LogP contribution in [0.15, 0.2) is 0 Å². The fourth-order valence-corrected chi connectivity index (χ4v) is 2.84. The van der Waals surface area contributed by atoms with Crippen molar-refractivity contribution in [3.05, 3.63) is 0 Å². The molecule has 1 unspecified atom stereocenters. The van der Waals surface area contributed by atoms with Gasteiger partial charge in [0.15, 0.2) is 0 Å². The Hall–Kier alpha value is -1.46. The van der Waals surface area contributed by atoms with Crippen LogP contribution in [0.1, 0.15) is 34.1 Å². The molecule has 1 aliphatic rings. The summed E-state index contributed by atoms with van der Waals surface area (Å²) < 4.78 is 14.8. The third-order valence-corrected chi connectivity index (χ3v) is 3.58. The number of cyclic esters (lactones) is 2. The lowest BCUT2D eigenvalue weighted by atomic mass is 9.64. The van der Waals surface area contributed by atoms with Crippen LogP contribution in [-0.4, -0.2) is 32.1 Å². The van der Waals surface area contributed by atoms with E-state index in [1.165, 1.54) is 0 Å². The van der Waals surface area contributed by atoms with Gasteiger partial charge in [-0.15, -0.1) is 0 Å². The van der Waals surface area contributed by atoms with Gasteiger partial charge in [-0.05, 0) is 17.8 Å². The summed E-state index contributed by atoms with van der Waals surface area (Å²) in [6, 6.07) is 0. The van der Waals surface area contributed by atoms with Crippen molar-refractivity contribution in [3.8, 4) is 0 Å². The van der Waals surface area contributed by atoms with Crippen molar-refractivity contribution in [1.29, 1.82) is 0 Å². The minimum atomic E-state index is -0.774. The molecule has 2 N–H and O–H groups in total. The standard InChI is InChI=1S/C13H23NO5/c1-12(2,3)9(5-6-17-10(14)15)13(4)7-18-11(16)19-8-13/h9H,5-8H2,1-4H3,(H2,14,15). The molecule has 0 aromatic carbocycles. The van der Waals surface area contributed by atoms with E-state index in [4.69, 9.17) is 19.9 Å². The predicted molar refractivity (Wildman–Crippen MR) is 68.5 cm³/mol. The number of carbonyl (C=O) groups is 2. The number of nitrogens with two attached hydrogens (primary N) is 1. The van der Waals surface area contributed by atoms with Gasteiger partial charge in [-0.2, -0.15) is 0 Å². The van der Waals surface area contributed by atoms with E-state index >= 15 is 0 Å². The number of hydrogen-bond donors (Lipinski definition) is 1. The second-order valence-electron chi connectivity index (χ2n) is 6.36. The monoisotopic (exact) mass is 273 g/mol. The van der Waals surface area contributed by atoms with E-state index in [-0.39, 0.29) is 23.4 Å². The molecule has 1 aliphatic heterocycles. The second-order valence-corrected chi connectivity index (χ2v) is 6.36. The molecule has 0 aromatic rings. The summed E-state index contributed by atoms with van der Waals surface area (Å²) >= 11 is 0. The quantitative estimate of drug-likeness (QED) is 0.794. The number of ether oxygens (including phenoxy) is 3. The van der Waals surface area contributed by atoms with Gasteiger partial charge in [0, 0.05) is 5.41 Å². The zero-order valence-corrected chi connectivity index (χ0v) is 12.0. The smallest absolute Gasteiger partial charge is 0.450 e. The molecular formula is C13H23NO5. The molecule has 6 heteroatoms. The van der Waals surface area contributed by atoms with Gasteiger partial charge in [0.25, 0.3) is 0 Å². The Morgan fingerprint density at radius 3 is 2.37 bits per heavy atom. The van der Waals surface area contributed by atoms with Gasteiger partial charge in [-0.25, -0.2) is 9.59 Å². The van der Waals surface area contributed by atoms with E-state index in [1.807, 2.05) is 6.92 Å². The minimum Gasteiger partial charge on any atom is -0.450 e. The fourth-order valence-electron chi connectivity index (χ4n) is 2.84. The Balaban J connectivity index is 2.73. The average molecular weight is 273 g/mol. The molecule has 0 aromatic heterocycles. The first-order valence-corrected chi connectivity index (χ1v) is 6.37. The Bertz CT molecular complexity index is 337. The highest BCUT2D eigenvalue weighted by molar-refractivity contribution is 5.64. The van der Waals surface area contributed by atoms with E-state index in [1.54, 1.807) is 0 Å². The molecule has 1 atom stereocenters. The van der Waals surface area contributed by atoms with Gasteiger partial charge in [0.2, 0.25) is 0 Å². The van der Waals surface area contributed by atoms with Gasteiger partial charge in [-0.3, -0.25) is 0 Å². The fraction of sp³-hybridized carbons (Fsp3) is 0.846. The molecule has 19 heavy (non-hydrogen) atoms. The molecule has 6 nitrogen and oxygen atoms in total. The molecule has 1 heterocycles. The first kappa shape index (κ1) is 15.6. The molecule has 1 rings (SSSR count). The maximum Gasteiger partial charge on any atom is 0.508 e. The van der Waals surface area contributed by atoms with Crippen LogP contribution >= 0.6 is 0 Å². The number of primary amides is 1. The highest BCUT2D eigenvalue weighted by Gasteiger charge is 2.45. The molecule has 1 amide bonds. The van der Waals surface area contributed by atoms with Gasteiger partial charge >= 0.3 is 12.2 Å². The molecular weight excluding hydrogens is 250 g/mol. The molecule has 0 radical (unpaired) electrons. The van der Waals surface area contributed by atoms with E-state index in [0.29, 0.717) is 19.6 Å². The first-order chi connectivity index (χ1) is 8.65. The van der Waals surface area contributed by atoms with Gasteiger partial charge in [0.1, 0.15) is 13.2 Å². The molecule has 1 saturated heterocycles. The summed E-state index contributed by atoms with van der Waals surface area (Å²) in [7, 11) is 0. The van der Waals surface area contributed by atoms with Crippen molar-refractivity contribution in [2.45, 2.75) is 34.1 Å². The molecule has 110 valence electrons. The van der Waals surface area contributed by atoms with Crippen molar-refractivity contribution in [1.82, 2.24) is 0 Å². The van der Waals surface area contributed by atoms with Crippen molar-refractivity contribution in [2.75, 3.05) is 19.8 Å². The zero-order valence-electron chi connectivity index (χ0n) is 12.0. The lowest BCUT2D eigenvalue weighted by Crippen LogP contribution is -2.47. The summed E-state index contributed by atoms with van der Waals surface area (Å²) in [4.78, 5) is 21.6. The van der Waals surface area contributed by atoms with Crippen LogP contribution < -0.4 is 5.73 Å². The van der Waals surface area contributed by atoms with Gasteiger partial charge in [-0.1, -0.05) is 27.7 Å². The van der Waals surface area contributed by atoms with E-state index < -0.39 is 12.2 Å². The maximum atomic E-state index is 11.0.